The summed E-state index contributed by atoms with van der Waals surface area (Å²) in [5.41, 5.74) is -0.588. The Labute approximate surface area is 134 Å². The molecular formula is C15H13F3N6. The lowest BCUT2D eigenvalue weighted by Crippen LogP contribution is -2.08. The Morgan fingerprint density at radius 1 is 1.21 bits per heavy atom. The Bertz CT molecular complexity index is 884. The van der Waals surface area contributed by atoms with Crippen LogP contribution in [0.3, 0.4) is 0 Å². The molecule has 6 nitrogen and oxygen atoms in total. The number of nitrogens with one attached hydrogen (secondary N) is 1. The molecule has 1 aliphatic rings. The zero-order valence-electron chi connectivity index (χ0n) is 12.5. The van der Waals surface area contributed by atoms with Gasteiger partial charge in [0.25, 0.3) is 0 Å². The van der Waals surface area contributed by atoms with Crippen LogP contribution in [0.15, 0.2) is 30.6 Å². The van der Waals surface area contributed by atoms with Gasteiger partial charge in [0.1, 0.15) is 11.6 Å². The summed E-state index contributed by atoms with van der Waals surface area (Å²) in [6, 6.07) is 3.74. The van der Waals surface area contributed by atoms with Crippen LogP contribution in [-0.2, 0) is 12.7 Å². The van der Waals surface area contributed by atoms with Crippen LogP contribution in [0.25, 0.3) is 5.65 Å². The Hall–Kier alpha value is -2.71. The second-order valence-electron chi connectivity index (χ2n) is 5.69. The monoisotopic (exact) mass is 334 g/mol. The van der Waals surface area contributed by atoms with Crippen LogP contribution in [0.5, 0.6) is 0 Å². The zero-order chi connectivity index (χ0) is 16.7. The maximum absolute atomic E-state index is 12.7. The second kappa shape index (κ2) is 5.43. The van der Waals surface area contributed by atoms with Crippen LogP contribution in [0.2, 0.25) is 0 Å². The van der Waals surface area contributed by atoms with Gasteiger partial charge in [-0.2, -0.15) is 13.2 Å². The largest absolute Gasteiger partial charge is 0.416 e. The zero-order valence-corrected chi connectivity index (χ0v) is 12.5. The predicted molar refractivity (Wildman–Crippen MR) is 79.3 cm³/mol. The van der Waals surface area contributed by atoms with Crippen LogP contribution in [0, 0.1) is 0 Å². The van der Waals surface area contributed by atoms with Crippen molar-refractivity contribution in [2.45, 2.75) is 31.5 Å². The SMILES string of the molecule is FC(F)(F)c1ccn2c(CNc3ccnc(C4CC4)n3)nnc2c1. The van der Waals surface area contributed by atoms with Crippen molar-refractivity contribution in [3.05, 3.63) is 47.8 Å². The molecule has 0 saturated heterocycles. The number of alkyl halides is 3. The summed E-state index contributed by atoms with van der Waals surface area (Å²) < 4.78 is 39.7. The molecule has 0 amide bonds. The number of nitrogens with zero attached hydrogens (tertiary/aromatic N) is 5. The first-order valence-corrected chi connectivity index (χ1v) is 7.48. The molecule has 4 rings (SSSR count). The van der Waals surface area contributed by atoms with Gasteiger partial charge >= 0.3 is 6.18 Å². The summed E-state index contributed by atoms with van der Waals surface area (Å²) in [4.78, 5) is 8.67. The first kappa shape index (κ1) is 14.9. The highest BCUT2D eigenvalue weighted by atomic mass is 19.4. The van der Waals surface area contributed by atoms with Gasteiger partial charge < -0.3 is 5.32 Å². The molecule has 3 heterocycles. The van der Waals surface area contributed by atoms with Crippen LogP contribution >= 0.6 is 0 Å². The third-order valence-corrected chi connectivity index (χ3v) is 3.85. The third-order valence-electron chi connectivity index (χ3n) is 3.85. The van der Waals surface area contributed by atoms with E-state index in [0.29, 0.717) is 24.1 Å². The molecule has 3 aromatic heterocycles. The van der Waals surface area contributed by atoms with Crippen LogP contribution in [0.4, 0.5) is 19.0 Å². The van der Waals surface area contributed by atoms with Crippen LogP contribution in [-0.4, -0.2) is 24.6 Å². The molecule has 1 fully saturated rings. The number of pyridine rings is 1. The van der Waals surface area contributed by atoms with Gasteiger partial charge in [-0.05, 0) is 31.0 Å². The highest BCUT2D eigenvalue weighted by Crippen LogP contribution is 2.38. The lowest BCUT2D eigenvalue weighted by Gasteiger charge is -2.08. The normalized spacial score (nSPS) is 15.0. The lowest BCUT2D eigenvalue weighted by atomic mass is 10.2. The van der Waals surface area contributed by atoms with Crippen molar-refractivity contribution in [3.63, 3.8) is 0 Å². The smallest absolute Gasteiger partial charge is 0.363 e. The maximum atomic E-state index is 12.7. The van der Waals surface area contributed by atoms with E-state index in [9.17, 15) is 13.2 Å². The Morgan fingerprint density at radius 2 is 2.04 bits per heavy atom. The molecule has 0 radical (unpaired) electrons. The molecule has 0 aromatic carbocycles. The minimum absolute atomic E-state index is 0.156. The number of rotatable bonds is 4. The summed E-state index contributed by atoms with van der Waals surface area (Å²) in [6.07, 6.45) is 0.844. The van der Waals surface area contributed by atoms with E-state index in [-0.39, 0.29) is 5.65 Å². The van der Waals surface area contributed by atoms with Crippen molar-refractivity contribution in [1.29, 1.82) is 0 Å². The average Bonchev–Trinajstić information content (AvgIpc) is 3.33. The molecule has 0 bridgehead atoms. The first-order valence-electron chi connectivity index (χ1n) is 7.48. The summed E-state index contributed by atoms with van der Waals surface area (Å²) >= 11 is 0. The molecule has 1 aliphatic carbocycles. The van der Waals surface area contributed by atoms with Crippen molar-refractivity contribution in [2.75, 3.05) is 5.32 Å². The topological polar surface area (TPSA) is 68.0 Å². The minimum atomic E-state index is -4.40. The molecule has 1 N–H and O–H groups in total. The fraction of sp³-hybridized carbons (Fsp3) is 0.333. The molecule has 0 spiro atoms. The molecule has 9 heteroatoms. The number of aromatic nitrogens is 5. The van der Waals surface area contributed by atoms with Gasteiger partial charge in [-0.15, -0.1) is 10.2 Å². The summed E-state index contributed by atoms with van der Waals surface area (Å²) in [5, 5.41) is 10.9. The standard InChI is InChI=1S/C15H13F3N6/c16-15(17,18)10-4-6-24-12(7-10)22-23-13(24)8-20-11-3-5-19-14(21-11)9-1-2-9/h3-7,9H,1-2,8H2,(H,19,20,21). The Balaban J connectivity index is 1.53. The number of anilines is 1. The van der Waals surface area contributed by atoms with E-state index >= 15 is 0 Å². The van der Waals surface area contributed by atoms with E-state index in [0.717, 1.165) is 30.8 Å². The molecule has 0 atom stereocenters. The second-order valence-corrected chi connectivity index (χ2v) is 5.69. The predicted octanol–water partition coefficient (Wildman–Crippen LogP) is 3.03. The molecular weight excluding hydrogens is 321 g/mol. The van der Waals surface area contributed by atoms with E-state index in [4.69, 9.17) is 0 Å². The van der Waals surface area contributed by atoms with E-state index in [1.165, 1.54) is 10.6 Å². The van der Waals surface area contributed by atoms with Crippen molar-refractivity contribution < 1.29 is 13.2 Å². The molecule has 3 aromatic rings. The molecule has 0 unspecified atom stereocenters. The van der Waals surface area contributed by atoms with E-state index in [1.807, 2.05) is 0 Å². The van der Waals surface area contributed by atoms with Crippen molar-refractivity contribution in [3.8, 4) is 0 Å². The van der Waals surface area contributed by atoms with Crippen molar-refractivity contribution in [2.24, 2.45) is 0 Å². The van der Waals surface area contributed by atoms with E-state index in [1.54, 1.807) is 12.3 Å². The fourth-order valence-electron chi connectivity index (χ4n) is 2.42. The summed E-state index contributed by atoms with van der Waals surface area (Å²) in [5.74, 6) is 2.43. The highest BCUT2D eigenvalue weighted by molar-refractivity contribution is 5.43. The first-order chi connectivity index (χ1) is 11.5. The third kappa shape index (κ3) is 2.89. The van der Waals surface area contributed by atoms with Crippen molar-refractivity contribution in [1.82, 2.24) is 24.6 Å². The number of fused-ring (bicyclic) bond motifs is 1. The van der Waals surface area contributed by atoms with Gasteiger partial charge in [0.2, 0.25) is 0 Å². The fourth-order valence-corrected chi connectivity index (χ4v) is 2.42. The summed E-state index contributed by atoms with van der Waals surface area (Å²) in [6.45, 7) is 0.299. The Kier molecular flexibility index (Phi) is 3.36. The van der Waals surface area contributed by atoms with Gasteiger partial charge in [0, 0.05) is 18.3 Å². The van der Waals surface area contributed by atoms with Gasteiger partial charge in [-0.3, -0.25) is 4.40 Å². The minimum Gasteiger partial charge on any atom is -0.363 e. The highest BCUT2D eigenvalue weighted by Gasteiger charge is 2.31. The number of hydrogen-bond donors (Lipinski definition) is 1. The van der Waals surface area contributed by atoms with E-state index in [2.05, 4.69) is 25.5 Å². The quantitative estimate of drug-likeness (QED) is 0.794. The molecule has 1 saturated carbocycles. The van der Waals surface area contributed by atoms with Gasteiger partial charge in [0.15, 0.2) is 11.5 Å². The molecule has 124 valence electrons. The Morgan fingerprint density at radius 3 is 2.79 bits per heavy atom. The number of hydrogen-bond acceptors (Lipinski definition) is 5. The van der Waals surface area contributed by atoms with E-state index < -0.39 is 11.7 Å². The number of halogens is 3. The van der Waals surface area contributed by atoms with Crippen LogP contribution < -0.4 is 5.32 Å². The van der Waals surface area contributed by atoms with Gasteiger partial charge in [-0.25, -0.2) is 9.97 Å². The lowest BCUT2D eigenvalue weighted by molar-refractivity contribution is -0.137. The molecule has 24 heavy (non-hydrogen) atoms. The van der Waals surface area contributed by atoms with Crippen LogP contribution in [0.1, 0.15) is 36.0 Å². The van der Waals surface area contributed by atoms with Gasteiger partial charge in [-0.1, -0.05) is 0 Å². The molecule has 0 aliphatic heterocycles. The van der Waals surface area contributed by atoms with Gasteiger partial charge in [0.05, 0.1) is 12.1 Å². The van der Waals surface area contributed by atoms with Crippen molar-refractivity contribution >= 4 is 11.5 Å². The summed E-state index contributed by atoms with van der Waals surface area (Å²) in [7, 11) is 0. The maximum Gasteiger partial charge on any atom is 0.416 e. The average molecular weight is 334 g/mol.